The van der Waals surface area contributed by atoms with Gasteiger partial charge in [-0.2, -0.15) is 0 Å². The number of sulfonamides is 1. The lowest BCUT2D eigenvalue weighted by molar-refractivity contribution is -0.139. The molecule has 2 rings (SSSR count). The second kappa shape index (κ2) is 12.4. The van der Waals surface area contributed by atoms with E-state index in [1.807, 2.05) is 38.1 Å². The molecule has 0 aliphatic carbocycles. The number of hydrogen-bond acceptors (Lipinski definition) is 4. The third-order valence-corrected chi connectivity index (χ3v) is 7.35. The second-order valence-corrected chi connectivity index (χ2v) is 10.9. The highest BCUT2D eigenvalue weighted by atomic mass is 35.5. The zero-order valence-corrected chi connectivity index (χ0v) is 22.2. The first kappa shape index (κ1) is 28.0. The Hall–Kier alpha value is -2.29. The van der Waals surface area contributed by atoms with Crippen molar-refractivity contribution in [1.29, 1.82) is 0 Å². The highest BCUT2D eigenvalue weighted by molar-refractivity contribution is 7.92. The van der Waals surface area contributed by atoms with Gasteiger partial charge in [-0.05, 0) is 49.6 Å². The van der Waals surface area contributed by atoms with E-state index >= 15 is 0 Å². The van der Waals surface area contributed by atoms with Gasteiger partial charge in [0, 0.05) is 13.1 Å². The van der Waals surface area contributed by atoms with E-state index in [0.717, 1.165) is 34.5 Å². The number of rotatable bonds is 11. The van der Waals surface area contributed by atoms with Gasteiger partial charge in [-0.3, -0.25) is 13.9 Å². The molecule has 0 bridgehead atoms. The van der Waals surface area contributed by atoms with E-state index in [9.17, 15) is 18.0 Å². The predicted molar refractivity (Wildman–Crippen MR) is 138 cm³/mol. The van der Waals surface area contributed by atoms with Crippen molar-refractivity contribution < 1.29 is 18.0 Å². The maximum Gasteiger partial charge on any atom is 0.244 e. The monoisotopic (exact) mass is 527 g/mol. The molecule has 0 radical (unpaired) electrons. The minimum absolute atomic E-state index is 0.160. The summed E-state index contributed by atoms with van der Waals surface area (Å²) in [5, 5.41) is 3.29. The van der Waals surface area contributed by atoms with Crippen LogP contribution in [-0.4, -0.2) is 50.5 Å². The van der Waals surface area contributed by atoms with Crippen LogP contribution in [0.3, 0.4) is 0 Å². The highest BCUT2D eigenvalue weighted by Crippen LogP contribution is 2.28. The molecule has 0 spiro atoms. The van der Waals surface area contributed by atoms with Gasteiger partial charge in [-0.25, -0.2) is 8.42 Å². The molecule has 186 valence electrons. The summed E-state index contributed by atoms with van der Waals surface area (Å²) < 4.78 is 26.1. The predicted octanol–water partition coefficient (Wildman–Crippen LogP) is 4.40. The summed E-state index contributed by atoms with van der Waals surface area (Å²) in [6.45, 7) is 5.75. The Balaban J connectivity index is 2.38. The number of carbonyl (C=O) groups is 2. The van der Waals surface area contributed by atoms with Gasteiger partial charge < -0.3 is 10.2 Å². The van der Waals surface area contributed by atoms with Crippen LogP contribution in [0, 0.1) is 6.92 Å². The molecule has 2 aromatic carbocycles. The Morgan fingerprint density at radius 1 is 1.09 bits per heavy atom. The molecule has 1 unspecified atom stereocenters. The molecule has 0 saturated heterocycles. The highest BCUT2D eigenvalue weighted by Gasteiger charge is 2.30. The SMILES string of the molecule is CCCCNC(=O)C(C)N(Cc1ccccc1C)C(=O)CN(c1ccc(Cl)c(Cl)c1)S(C)(=O)=O. The summed E-state index contributed by atoms with van der Waals surface area (Å²) >= 11 is 12.1. The molecule has 0 saturated carbocycles. The van der Waals surface area contributed by atoms with Crippen LogP contribution in [0.4, 0.5) is 5.69 Å². The van der Waals surface area contributed by atoms with Gasteiger partial charge in [0.05, 0.1) is 22.0 Å². The minimum atomic E-state index is -3.84. The van der Waals surface area contributed by atoms with Gasteiger partial charge >= 0.3 is 0 Å². The van der Waals surface area contributed by atoms with Crippen molar-refractivity contribution in [2.24, 2.45) is 0 Å². The van der Waals surface area contributed by atoms with Crippen LogP contribution in [0.1, 0.15) is 37.8 Å². The molecule has 2 aromatic rings. The normalized spacial score (nSPS) is 12.2. The van der Waals surface area contributed by atoms with Crippen molar-refractivity contribution in [3.8, 4) is 0 Å². The van der Waals surface area contributed by atoms with E-state index in [1.165, 1.54) is 23.1 Å². The van der Waals surface area contributed by atoms with E-state index in [4.69, 9.17) is 23.2 Å². The lowest BCUT2D eigenvalue weighted by atomic mass is 10.1. The van der Waals surface area contributed by atoms with Crippen LogP contribution in [-0.2, 0) is 26.2 Å². The number of benzene rings is 2. The van der Waals surface area contributed by atoms with Crippen LogP contribution in [0.15, 0.2) is 42.5 Å². The fraction of sp³-hybridized carbons (Fsp3) is 0.417. The fourth-order valence-electron chi connectivity index (χ4n) is 3.34. The average Bonchev–Trinajstić information content (AvgIpc) is 2.77. The van der Waals surface area contributed by atoms with Crippen LogP contribution < -0.4 is 9.62 Å². The molecule has 0 fully saturated rings. The maximum absolute atomic E-state index is 13.5. The Kier molecular flexibility index (Phi) is 10.2. The average molecular weight is 529 g/mol. The number of carbonyl (C=O) groups excluding carboxylic acids is 2. The molecular formula is C24H31Cl2N3O4S. The van der Waals surface area contributed by atoms with Crippen LogP contribution in [0.5, 0.6) is 0 Å². The van der Waals surface area contributed by atoms with Crippen LogP contribution in [0.25, 0.3) is 0 Å². The first-order valence-electron chi connectivity index (χ1n) is 11.0. The molecule has 0 aromatic heterocycles. The Bertz CT molecular complexity index is 1120. The fourth-order valence-corrected chi connectivity index (χ4v) is 4.48. The van der Waals surface area contributed by atoms with Crippen molar-refractivity contribution in [3.63, 3.8) is 0 Å². The minimum Gasteiger partial charge on any atom is -0.354 e. The Labute approximate surface area is 212 Å². The lowest BCUT2D eigenvalue weighted by Gasteiger charge is -2.32. The number of nitrogens with one attached hydrogen (secondary N) is 1. The van der Waals surface area contributed by atoms with Crippen molar-refractivity contribution in [2.45, 2.75) is 46.2 Å². The quantitative estimate of drug-likeness (QED) is 0.438. The van der Waals surface area contributed by atoms with Crippen molar-refractivity contribution in [1.82, 2.24) is 10.2 Å². The van der Waals surface area contributed by atoms with Crippen LogP contribution >= 0.6 is 23.2 Å². The molecule has 34 heavy (non-hydrogen) atoms. The summed E-state index contributed by atoms with van der Waals surface area (Å²) in [4.78, 5) is 27.7. The maximum atomic E-state index is 13.5. The molecule has 2 amide bonds. The Morgan fingerprint density at radius 2 is 1.76 bits per heavy atom. The zero-order valence-electron chi connectivity index (χ0n) is 19.8. The molecule has 0 heterocycles. The van der Waals surface area contributed by atoms with E-state index in [0.29, 0.717) is 6.54 Å². The smallest absolute Gasteiger partial charge is 0.244 e. The standard InChI is InChI=1S/C24H31Cl2N3O4S/c1-5-6-13-27-24(31)18(3)28(15-19-10-8-7-9-17(19)2)23(30)16-29(34(4,32)33)20-11-12-21(25)22(26)14-20/h7-12,14,18H,5-6,13,15-16H2,1-4H3,(H,27,31). The number of unbranched alkanes of at least 4 members (excludes halogenated alkanes) is 1. The third kappa shape index (κ3) is 7.61. The second-order valence-electron chi connectivity index (χ2n) is 8.14. The number of halogens is 2. The van der Waals surface area contributed by atoms with E-state index in [1.54, 1.807) is 6.92 Å². The lowest BCUT2D eigenvalue weighted by Crippen LogP contribution is -2.51. The van der Waals surface area contributed by atoms with Crippen molar-refractivity contribution >= 4 is 50.7 Å². The van der Waals surface area contributed by atoms with Gasteiger partial charge in [-0.1, -0.05) is 60.8 Å². The summed E-state index contributed by atoms with van der Waals surface area (Å²) in [5.74, 6) is -0.811. The molecule has 0 aliphatic rings. The van der Waals surface area contributed by atoms with Crippen LogP contribution in [0.2, 0.25) is 10.0 Å². The molecule has 7 nitrogen and oxygen atoms in total. The van der Waals surface area contributed by atoms with Gasteiger partial charge in [-0.15, -0.1) is 0 Å². The summed E-state index contributed by atoms with van der Waals surface area (Å²) in [6.07, 6.45) is 2.76. The molecular weight excluding hydrogens is 497 g/mol. The summed E-state index contributed by atoms with van der Waals surface area (Å²) in [7, 11) is -3.84. The molecule has 0 aliphatic heterocycles. The third-order valence-electron chi connectivity index (χ3n) is 5.47. The van der Waals surface area contributed by atoms with Gasteiger partial charge in [0.25, 0.3) is 0 Å². The van der Waals surface area contributed by atoms with E-state index in [-0.39, 0.29) is 28.2 Å². The van der Waals surface area contributed by atoms with Gasteiger partial charge in [0.15, 0.2) is 0 Å². The first-order valence-corrected chi connectivity index (χ1v) is 13.6. The molecule has 1 atom stereocenters. The zero-order chi connectivity index (χ0) is 25.5. The number of anilines is 1. The number of hydrogen-bond donors (Lipinski definition) is 1. The number of nitrogens with zero attached hydrogens (tertiary/aromatic N) is 2. The van der Waals surface area contributed by atoms with Crippen molar-refractivity contribution in [3.05, 3.63) is 63.6 Å². The molecule has 10 heteroatoms. The number of aryl methyl sites for hydroxylation is 1. The summed E-state index contributed by atoms with van der Waals surface area (Å²) in [5.41, 5.74) is 2.04. The van der Waals surface area contributed by atoms with E-state index < -0.39 is 28.5 Å². The summed E-state index contributed by atoms with van der Waals surface area (Å²) in [6, 6.07) is 11.1. The van der Waals surface area contributed by atoms with Gasteiger partial charge in [0.1, 0.15) is 12.6 Å². The Morgan fingerprint density at radius 3 is 2.35 bits per heavy atom. The topological polar surface area (TPSA) is 86.8 Å². The van der Waals surface area contributed by atoms with Crippen molar-refractivity contribution in [2.75, 3.05) is 23.7 Å². The van der Waals surface area contributed by atoms with E-state index in [2.05, 4.69) is 5.32 Å². The largest absolute Gasteiger partial charge is 0.354 e. The molecule has 1 N–H and O–H groups in total. The number of amides is 2. The van der Waals surface area contributed by atoms with Gasteiger partial charge in [0.2, 0.25) is 21.8 Å². The first-order chi connectivity index (χ1) is 16.0.